The minimum Gasteiger partial charge on any atom is -0.465 e. The van der Waals surface area contributed by atoms with E-state index in [-0.39, 0.29) is 41.6 Å². The molecule has 38 heavy (non-hydrogen) atoms. The van der Waals surface area contributed by atoms with Crippen LogP contribution in [-0.4, -0.2) is 37.0 Å². The molecule has 3 aromatic carbocycles. The van der Waals surface area contributed by atoms with E-state index in [9.17, 15) is 19.2 Å². The van der Waals surface area contributed by atoms with Gasteiger partial charge in [-0.2, -0.15) is 0 Å². The fourth-order valence-electron chi connectivity index (χ4n) is 3.33. The molecule has 3 amide bonds. The molecule has 0 aliphatic rings. The van der Waals surface area contributed by atoms with E-state index in [1.165, 1.54) is 25.3 Å². The number of esters is 1. The second-order valence-corrected chi connectivity index (χ2v) is 8.90. The highest BCUT2D eigenvalue weighted by Crippen LogP contribution is 2.22. The van der Waals surface area contributed by atoms with Gasteiger partial charge in [0.15, 0.2) is 0 Å². The summed E-state index contributed by atoms with van der Waals surface area (Å²) in [4.78, 5) is 50.3. The Labute approximate surface area is 229 Å². The maximum absolute atomic E-state index is 13.2. The first-order valence-electron chi connectivity index (χ1n) is 11.5. The van der Waals surface area contributed by atoms with Crippen LogP contribution in [0.15, 0.2) is 72.8 Å². The van der Waals surface area contributed by atoms with Crippen molar-refractivity contribution in [3.63, 3.8) is 0 Å². The lowest BCUT2D eigenvalue weighted by Crippen LogP contribution is -2.44. The summed E-state index contributed by atoms with van der Waals surface area (Å²) in [7, 11) is 1.20. The van der Waals surface area contributed by atoms with Crippen molar-refractivity contribution in [3.05, 3.63) is 94.0 Å². The molecule has 3 rings (SSSR count). The third kappa shape index (κ3) is 8.79. The Bertz CT molecular complexity index is 1290. The van der Waals surface area contributed by atoms with E-state index < -0.39 is 24.0 Å². The predicted octanol–water partition coefficient (Wildman–Crippen LogP) is 5.43. The van der Waals surface area contributed by atoms with Gasteiger partial charge < -0.3 is 25.4 Å². The van der Waals surface area contributed by atoms with Crippen molar-refractivity contribution in [1.29, 1.82) is 0 Å². The number of hydrogen-bond acceptors (Lipinski definition) is 6. The summed E-state index contributed by atoms with van der Waals surface area (Å²) in [5.74, 6) is -1.77. The Morgan fingerprint density at radius 3 is 2.24 bits per heavy atom. The van der Waals surface area contributed by atoms with Crippen molar-refractivity contribution in [2.24, 2.45) is 0 Å². The van der Waals surface area contributed by atoms with Crippen LogP contribution in [0.25, 0.3) is 0 Å². The second kappa shape index (κ2) is 14.0. The Morgan fingerprint density at radius 1 is 0.868 bits per heavy atom. The molecule has 9 nitrogen and oxygen atoms in total. The normalized spacial score (nSPS) is 11.1. The fraction of sp³-hybridized carbons (Fsp3) is 0.185. The number of halogens is 2. The molecule has 1 atom stereocenters. The highest BCUT2D eigenvalue weighted by Gasteiger charge is 2.25. The van der Waals surface area contributed by atoms with E-state index >= 15 is 0 Å². The van der Waals surface area contributed by atoms with Crippen LogP contribution in [0.4, 0.5) is 16.2 Å². The van der Waals surface area contributed by atoms with Gasteiger partial charge in [-0.25, -0.2) is 9.59 Å². The van der Waals surface area contributed by atoms with E-state index in [0.717, 1.165) is 5.56 Å². The molecule has 0 aliphatic carbocycles. The Kier molecular flexibility index (Phi) is 10.5. The van der Waals surface area contributed by atoms with Crippen LogP contribution < -0.4 is 16.0 Å². The van der Waals surface area contributed by atoms with Crippen LogP contribution in [0.2, 0.25) is 10.0 Å². The lowest BCUT2D eigenvalue weighted by atomic mass is 10.1. The number of amides is 3. The molecule has 3 aromatic rings. The van der Waals surface area contributed by atoms with E-state index in [4.69, 9.17) is 32.7 Å². The summed E-state index contributed by atoms with van der Waals surface area (Å²) in [6, 6.07) is 18.6. The molecule has 0 aromatic heterocycles. The Balaban J connectivity index is 1.70. The first kappa shape index (κ1) is 28.5. The zero-order valence-electron chi connectivity index (χ0n) is 20.3. The van der Waals surface area contributed by atoms with Crippen LogP contribution in [0.3, 0.4) is 0 Å². The summed E-state index contributed by atoms with van der Waals surface area (Å²) in [6.07, 6.45) is -1.02. The van der Waals surface area contributed by atoms with Gasteiger partial charge in [-0.1, -0.05) is 53.5 Å². The SMILES string of the molecule is COC(=O)c1cc(Cl)ccc1NC(=O)C(CCC(=O)Nc1ccc(Cl)cc1)NC(=O)OCc1ccccc1. The molecule has 0 saturated heterocycles. The summed E-state index contributed by atoms with van der Waals surface area (Å²) < 4.78 is 9.99. The second-order valence-electron chi connectivity index (χ2n) is 8.02. The number of nitrogens with one attached hydrogen (secondary N) is 3. The average Bonchev–Trinajstić information content (AvgIpc) is 2.92. The first-order valence-corrected chi connectivity index (χ1v) is 12.2. The van der Waals surface area contributed by atoms with Gasteiger partial charge >= 0.3 is 12.1 Å². The van der Waals surface area contributed by atoms with Crippen molar-refractivity contribution in [3.8, 4) is 0 Å². The van der Waals surface area contributed by atoms with Crippen molar-refractivity contribution in [2.75, 3.05) is 17.7 Å². The summed E-state index contributed by atoms with van der Waals surface area (Å²) in [5, 5.41) is 8.58. The molecule has 11 heteroatoms. The molecule has 3 N–H and O–H groups in total. The van der Waals surface area contributed by atoms with Crippen LogP contribution in [0, 0.1) is 0 Å². The van der Waals surface area contributed by atoms with Crippen molar-refractivity contribution in [2.45, 2.75) is 25.5 Å². The van der Waals surface area contributed by atoms with Crippen LogP contribution >= 0.6 is 23.2 Å². The van der Waals surface area contributed by atoms with E-state index in [1.54, 1.807) is 48.5 Å². The first-order chi connectivity index (χ1) is 18.2. The van der Waals surface area contributed by atoms with Crippen molar-refractivity contribution < 1.29 is 28.7 Å². The lowest BCUT2D eigenvalue weighted by molar-refractivity contribution is -0.119. The minimum absolute atomic E-state index is 0.0122. The molecule has 0 radical (unpaired) electrons. The summed E-state index contributed by atoms with van der Waals surface area (Å²) >= 11 is 11.9. The number of carbonyl (C=O) groups is 4. The number of alkyl carbamates (subject to hydrolysis) is 1. The molecule has 0 heterocycles. The maximum atomic E-state index is 13.2. The molecule has 0 spiro atoms. The molecular formula is C27H25Cl2N3O6. The quantitative estimate of drug-likeness (QED) is 0.285. The van der Waals surface area contributed by atoms with Crippen LogP contribution in [-0.2, 0) is 25.7 Å². The van der Waals surface area contributed by atoms with Gasteiger partial charge in [0.25, 0.3) is 0 Å². The number of methoxy groups -OCH3 is 1. The van der Waals surface area contributed by atoms with Gasteiger partial charge in [0, 0.05) is 22.2 Å². The van der Waals surface area contributed by atoms with Gasteiger partial charge in [-0.05, 0) is 54.4 Å². The third-order valence-electron chi connectivity index (χ3n) is 5.25. The van der Waals surface area contributed by atoms with Crippen molar-refractivity contribution in [1.82, 2.24) is 5.32 Å². The predicted molar refractivity (Wildman–Crippen MR) is 144 cm³/mol. The molecule has 198 valence electrons. The number of carbonyl (C=O) groups excluding carboxylic acids is 4. The lowest BCUT2D eigenvalue weighted by Gasteiger charge is -2.19. The monoisotopic (exact) mass is 557 g/mol. The minimum atomic E-state index is -1.17. The van der Waals surface area contributed by atoms with Gasteiger partial charge in [0.1, 0.15) is 12.6 Å². The number of ether oxygens (including phenoxy) is 2. The number of anilines is 2. The summed E-state index contributed by atoms with van der Waals surface area (Å²) in [5.41, 5.74) is 1.44. The number of rotatable bonds is 10. The zero-order valence-corrected chi connectivity index (χ0v) is 21.8. The van der Waals surface area contributed by atoms with Gasteiger partial charge in [-0.3, -0.25) is 9.59 Å². The fourth-order valence-corrected chi connectivity index (χ4v) is 3.63. The third-order valence-corrected chi connectivity index (χ3v) is 5.74. The largest absolute Gasteiger partial charge is 0.465 e. The Hall–Kier alpha value is -4.08. The summed E-state index contributed by atoms with van der Waals surface area (Å²) in [6.45, 7) is -0.0122. The molecule has 0 bridgehead atoms. The van der Waals surface area contributed by atoms with Crippen LogP contribution in [0.1, 0.15) is 28.8 Å². The highest BCUT2D eigenvalue weighted by atomic mass is 35.5. The zero-order chi connectivity index (χ0) is 27.5. The molecule has 0 aliphatic heterocycles. The van der Waals surface area contributed by atoms with E-state index in [0.29, 0.717) is 10.7 Å². The highest BCUT2D eigenvalue weighted by molar-refractivity contribution is 6.31. The number of hydrogen-bond donors (Lipinski definition) is 3. The molecule has 0 saturated carbocycles. The number of benzene rings is 3. The van der Waals surface area contributed by atoms with Gasteiger partial charge in [-0.15, -0.1) is 0 Å². The van der Waals surface area contributed by atoms with Gasteiger partial charge in [0.2, 0.25) is 11.8 Å². The Morgan fingerprint density at radius 2 is 1.55 bits per heavy atom. The van der Waals surface area contributed by atoms with Crippen molar-refractivity contribution >= 4 is 58.5 Å². The van der Waals surface area contributed by atoms with E-state index in [1.807, 2.05) is 6.07 Å². The standard InChI is InChI=1S/C27H25Cl2N3O6/c1-37-26(35)21-15-19(29)9-12-22(21)31-25(34)23(32-27(36)38-16-17-5-3-2-4-6-17)13-14-24(33)30-20-10-7-18(28)8-11-20/h2-12,15,23H,13-14,16H2,1H3,(H,30,33)(H,31,34)(H,32,36). The maximum Gasteiger partial charge on any atom is 0.408 e. The van der Waals surface area contributed by atoms with Crippen LogP contribution in [0.5, 0.6) is 0 Å². The average molecular weight is 558 g/mol. The molecule has 0 fully saturated rings. The molecular weight excluding hydrogens is 533 g/mol. The van der Waals surface area contributed by atoms with E-state index in [2.05, 4.69) is 16.0 Å². The van der Waals surface area contributed by atoms with Gasteiger partial charge in [0.05, 0.1) is 18.4 Å². The topological polar surface area (TPSA) is 123 Å². The smallest absolute Gasteiger partial charge is 0.408 e. The molecule has 1 unspecified atom stereocenters.